The fraction of sp³-hybridized carbons (Fsp3) is 0.697. The number of aromatic hydroxyl groups is 1. The molecule has 1 aromatic carbocycles. The summed E-state index contributed by atoms with van der Waals surface area (Å²) in [7, 11) is 0. The number of likely N-dealkylation sites (tertiary alicyclic amines) is 1. The monoisotopic (exact) mass is 1540 g/mol. The van der Waals surface area contributed by atoms with E-state index in [4.69, 9.17) is 24.7 Å². The summed E-state index contributed by atoms with van der Waals surface area (Å²) in [6.45, 7) is 6.11. The molecule has 4 rings (SSSR count). The third-order valence-electron chi connectivity index (χ3n) is 17.6. The van der Waals surface area contributed by atoms with Gasteiger partial charge in [-0.2, -0.15) is 0 Å². The largest absolute Gasteiger partial charge is 0.508 e. The number of nitrogens with zero attached hydrogens (tertiary/aromatic N) is 1. The van der Waals surface area contributed by atoms with Crippen molar-refractivity contribution in [1.29, 1.82) is 0 Å². The van der Waals surface area contributed by atoms with Crippen molar-refractivity contribution in [3.05, 3.63) is 29.8 Å². The summed E-state index contributed by atoms with van der Waals surface area (Å²) in [6, 6.07) is -16.1. The maximum Gasteiger partial charge on any atom is 0.245 e. The lowest BCUT2D eigenvalue weighted by Crippen LogP contribution is -2.66. The maximum atomic E-state index is 15.0. The van der Waals surface area contributed by atoms with Crippen LogP contribution in [-0.4, -0.2) is 319 Å². The Labute approximate surface area is 621 Å². The number of carbonyl (C=O) groups is 14. The van der Waals surface area contributed by atoms with E-state index in [0.29, 0.717) is 5.56 Å². The van der Waals surface area contributed by atoms with E-state index in [9.17, 15) is 113 Å². The summed E-state index contributed by atoms with van der Waals surface area (Å²) in [5.74, 6) is -16.4. The van der Waals surface area contributed by atoms with Gasteiger partial charge in [0.1, 0.15) is 121 Å². The zero-order valence-electron chi connectivity index (χ0n) is 61.5. The number of aliphatic hydroxyl groups excluding tert-OH is 9. The average molecular weight is 1540 g/mol. The fourth-order valence-electron chi connectivity index (χ4n) is 11.7. The number of nitrogens with one attached hydrogen (secondary N) is 12. The Hall–Kier alpha value is -8.92. The van der Waals surface area contributed by atoms with Crippen molar-refractivity contribution in [2.75, 3.05) is 52.8 Å². The second kappa shape index (κ2) is 43.3. The molecule has 3 saturated heterocycles. The van der Waals surface area contributed by atoms with Gasteiger partial charge in [-0.3, -0.25) is 67.1 Å². The van der Waals surface area contributed by atoms with Gasteiger partial charge >= 0.3 is 0 Å². The van der Waals surface area contributed by atoms with Gasteiger partial charge in [-0.05, 0) is 61.6 Å². The van der Waals surface area contributed by atoms with Gasteiger partial charge in [-0.15, -0.1) is 0 Å². The number of benzene rings is 1. The van der Waals surface area contributed by atoms with Gasteiger partial charge in [-0.1, -0.05) is 53.7 Å². The van der Waals surface area contributed by atoms with E-state index in [-0.39, 0.29) is 38.0 Å². The minimum atomic E-state index is -2.23. The fourth-order valence-corrected chi connectivity index (χ4v) is 11.7. The topological polar surface area (TPSA) is 652 Å². The predicted octanol–water partition coefficient (Wildman–Crippen LogP) is -11.4. The van der Waals surface area contributed by atoms with E-state index in [1.807, 2.05) is 0 Å². The molecule has 3 fully saturated rings. The van der Waals surface area contributed by atoms with E-state index in [1.165, 1.54) is 45.0 Å². The van der Waals surface area contributed by atoms with Gasteiger partial charge < -0.3 is 144 Å². The molecule has 3 aliphatic rings. The van der Waals surface area contributed by atoms with E-state index in [0.717, 1.165) is 25.7 Å². The normalized spacial score (nSPS) is 24.1. The van der Waals surface area contributed by atoms with Crippen molar-refractivity contribution < 1.29 is 137 Å². The molecule has 21 atom stereocenters. The maximum absolute atomic E-state index is 15.0. The van der Waals surface area contributed by atoms with Crippen LogP contribution in [0.25, 0.3) is 0 Å². The van der Waals surface area contributed by atoms with Gasteiger partial charge in [-0.25, -0.2) is 0 Å². The molecule has 14 amide bonds. The lowest BCUT2D eigenvalue weighted by Gasteiger charge is -2.42. The van der Waals surface area contributed by atoms with Gasteiger partial charge in [0, 0.05) is 33.7 Å². The quantitative estimate of drug-likeness (QED) is 0.0290. The zero-order chi connectivity index (χ0) is 81.3. The Morgan fingerprint density at radius 2 is 0.889 bits per heavy atom. The summed E-state index contributed by atoms with van der Waals surface area (Å²) in [5, 5.41) is 133. The first-order chi connectivity index (χ1) is 50.7. The van der Waals surface area contributed by atoms with E-state index >= 15 is 4.79 Å². The van der Waals surface area contributed by atoms with Gasteiger partial charge in [0.05, 0.1) is 46.2 Å². The molecule has 0 radical (unpaired) electrons. The molecule has 1 aromatic rings. The number of hydrogen-bond donors (Lipinski definition) is 23. The Kier molecular flexibility index (Phi) is 36.7. The third-order valence-corrected chi connectivity index (χ3v) is 17.6. The SMILES string of the molecule is CC(=O)N[C@H]1[C@H](OC[C@H](NC(=O)[C@H](CO[C@@H]2O[C@H](CO)[C@@H](O)[C@H](O)[C@H]2NC(C)=O)NC(=O)[C@H](CO)NC(=O)[C@@H](NC(=O)[C@@H]2CCCN2C(=O)[C@H](C)NC(=O)[C@H](CO)NC(=O)[C@H](Cc2ccc(O)cc2)NC(C)=O)C(C)C)C(=O)N[C@@H](CC(C)C)C(=O)N[C@@H](CO)C(=O)N[C@H](C(N)=O)C(C)C)O[C@H](CO)[C@@H](O)[C@@H]1O. The zero-order valence-corrected chi connectivity index (χ0v) is 61.5. The van der Waals surface area contributed by atoms with Gasteiger partial charge in [0.15, 0.2) is 12.6 Å². The number of amides is 14. The first-order valence-electron chi connectivity index (χ1n) is 35.0. The summed E-state index contributed by atoms with van der Waals surface area (Å²) < 4.78 is 23.1. The van der Waals surface area contributed by atoms with Crippen LogP contribution in [-0.2, 0) is 92.5 Å². The summed E-state index contributed by atoms with van der Waals surface area (Å²) in [6.07, 6.45) is -14.8. The first kappa shape index (κ1) is 91.5. The van der Waals surface area contributed by atoms with Crippen molar-refractivity contribution in [2.24, 2.45) is 23.5 Å². The number of ether oxygens (including phenoxy) is 4. The lowest BCUT2D eigenvalue weighted by atomic mass is 9.97. The van der Waals surface area contributed by atoms with Crippen LogP contribution in [0, 0.1) is 17.8 Å². The number of aliphatic hydroxyl groups is 9. The molecule has 0 aliphatic carbocycles. The van der Waals surface area contributed by atoms with Crippen LogP contribution < -0.4 is 69.5 Å². The number of phenolic OH excluding ortho intramolecular Hbond substituents is 1. The molecule has 0 aromatic heterocycles. The van der Waals surface area contributed by atoms with Crippen molar-refractivity contribution in [1.82, 2.24) is 68.7 Å². The van der Waals surface area contributed by atoms with E-state index in [1.54, 1.807) is 27.7 Å². The molecular formula is C66H106N14O28. The smallest absolute Gasteiger partial charge is 0.245 e. The molecule has 108 heavy (non-hydrogen) atoms. The molecule has 42 heteroatoms. The number of primary amides is 1. The predicted molar refractivity (Wildman–Crippen MR) is 369 cm³/mol. The highest BCUT2D eigenvalue weighted by atomic mass is 16.7. The molecular weight excluding hydrogens is 1440 g/mol. The van der Waals surface area contributed by atoms with Crippen molar-refractivity contribution in [2.45, 2.75) is 223 Å². The molecule has 608 valence electrons. The molecule has 0 unspecified atom stereocenters. The molecule has 0 spiro atoms. The van der Waals surface area contributed by atoms with E-state index in [2.05, 4.69) is 63.8 Å². The highest BCUT2D eigenvalue weighted by Crippen LogP contribution is 2.26. The third kappa shape index (κ3) is 26.7. The number of rotatable bonds is 40. The average Bonchev–Trinajstić information content (AvgIpc) is 0.880. The number of phenols is 1. The van der Waals surface area contributed by atoms with Crippen LogP contribution in [0.2, 0.25) is 0 Å². The van der Waals surface area contributed by atoms with Crippen molar-refractivity contribution in [3.8, 4) is 5.75 Å². The van der Waals surface area contributed by atoms with E-state index < -0.39 is 274 Å². The Bertz CT molecular complexity index is 3260. The molecule has 42 nitrogen and oxygen atoms in total. The molecule has 24 N–H and O–H groups in total. The minimum absolute atomic E-state index is 0.0211. The number of nitrogens with two attached hydrogens (primary N) is 1. The lowest BCUT2D eigenvalue weighted by molar-refractivity contribution is -0.271. The second-order valence-electron chi connectivity index (χ2n) is 27.5. The Morgan fingerprint density at radius 1 is 0.491 bits per heavy atom. The van der Waals surface area contributed by atoms with Crippen LogP contribution in [0.15, 0.2) is 24.3 Å². The molecule has 3 aliphatic heterocycles. The first-order valence-corrected chi connectivity index (χ1v) is 35.0. The standard InChI is InChI=1S/C66H106N14O28/c1-27(2)18-36(55(95)74-40(22-83)59(99)78-46(28(3)4)54(67)94)72-60(100)41(25-105-65-48(70-32(9)87)52(92)50(90)44(23-84)107-65)77-61(101)42(26-106-66-49(71-33(10)88)53(93)51(91)45(24-85)108-66)76-58(98)39(21-82)75-63(103)47(29(5)6)79-62(102)43-12-11-17-80(43)64(104)30(7)68-57(97)38(20-81)73-56(96)37(69-31(8)86)19-34-13-15-35(89)16-14-34/h13-16,27-30,36-53,65-66,81-85,89-93H,11-12,17-26H2,1-10H3,(H2,67,94)(H,68,97)(H,69,86)(H,70,87)(H,71,88)(H,72,100)(H,73,96)(H,74,95)(H,75,103)(H,76,98)(H,77,101)(H,78,99)(H,79,102)/t30-,36-,37-,38-,39-,40-,41-,42-,43-,44+,45+,46-,47-,48+,49+,50+,51+,52+,53+,65+,66+/m0/s1. The minimum Gasteiger partial charge on any atom is -0.508 e. The van der Waals surface area contributed by atoms with Crippen molar-refractivity contribution >= 4 is 82.7 Å². The van der Waals surface area contributed by atoms with Crippen LogP contribution >= 0.6 is 0 Å². The highest BCUT2D eigenvalue weighted by Gasteiger charge is 2.49. The Morgan fingerprint density at radius 3 is 1.30 bits per heavy atom. The molecule has 0 bridgehead atoms. The van der Waals surface area contributed by atoms with Crippen LogP contribution in [0.3, 0.4) is 0 Å². The van der Waals surface area contributed by atoms with Gasteiger partial charge in [0.2, 0.25) is 82.7 Å². The van der Waals surface area contributed by atoms with Crippen molar-refractivity contribution in [3.63, 3.8) is 0 Å². The van der Waals surface area contributed by atoms with Crippen LogP contribution in [0.5, 0.6) is 5.75 Å². The summed E-state index contributed by atoms with van der Waals surface area (Å²) in [5.41, 5.74) is 5.97. The summed E-state index contributed by atoms with van der Waals surface area (Å²) in [4.78, 5) is 192. The van der Waals surface area contributed by atoms with Crippen LogP contribution in [0.4, 0.5) is 0 Å². The van der Waals surface area contributed by atoms with Gasteiger partial charge in [0.25, 0.3) is 0 Å². The molecule has 3 heterocycles. The highest BCUT2D eigenvalue weighted by molar-refractivity contribution is 5.99. The Balaban J connectivity index is 1.68. The number of hydrogen-bond acceptors (Lipinski definition) is 28. The van der Waals surface area contributed by atoms with Crippen LogP contribution in [0.1, 0.15) is 94.1 Å². The summed E-state index contributed by atoms with van der Waals surface area (Å²) >= 11 is 0. The second-order valence-corrected chi connectivity index (χ2v) is 27.5. The molecule has 0 saturated carbocycles. The number of carbonyl (C=O) groups excluding carboxylic acids is 14.